The smallest absolute Gasteiger partial charge is 0.264 e. The summed E-state index contributed by atoms with van der Waals surface area (Å²) in [5.74, 6) is -0.640. The molecule has 174 valence electrons. The van der Waals surface area contributed by atoms with Gasteiger partial charge in [-0.25, -0.2) is 13.6 Å². The molecule has 2 heterocycles. The molecule has 1 aromatic heterocycles. The maximum Gasteiger partial charge on any atom is 0.264 e. The summed E-state index contributed by atoms with van der Waals surface area (Å²) >= 11 is 0. The van der Waals surface area contributed by atoms with Crippen molar-refractivity contribution in [1.82, 2.24) is 9.71 Å². The number of amidine groups is 1. The summed E-state index contributed by atoms with van der Waals surface area (Å²) in [5, 5.41) is 1.40. The number of amides is 1. The zero-order valence-corrected chi connectivity index (χ0v) is 19.0. The minimum atomic E-state index is -2.73. The number of nitrogens with zero attached hydrogens (tertiary/aromatic N) is 1. The molecular weight excluding hydrogens is 439 g/mol. The van der Waals surface area contributed by atoms with E-state index in [9.17, 15) is 13.4 Å². The van der Waals surface area contributed by atoms with Crippen LogP contribution in [-0.2, 0) is 19.2 Å². The van der Waals surface area contributed by atoms with E-state index in [2.05, 4.69) is 14.7 Å². The number of hydrogen-bond donors (Lipinski definition) is 3. The molecule has 0 saturated carbocycles. The largest absolute Gasteiger partial charge is 0.486 e. The fraction of sp³-hybridized carbons (Fsp3) is 0.381. The number of nitrogens with two attached hydrogens (primary N) is 1. The summed E-state index contributed by atoms with van der Waals surface area (Å²) in [4.78, 5) is 19.9. The molecule has 1 aromatic carbocycles. The van der Waals surface area contributed by atoms with Crippen LogP contribution in [0.5, 0.6) is 5.75 Å². The van der Waals surface area contributed by atoms with Crippen LogP contribution in [0.2, 0.25) is 0 Å². The van der Waals surface area contributed by atoms with Crippen LogP contribution in [0.4, 0.5) is 10.1 Å². The lowest BCUT2D eigenvalue weighted by molar-refractivity contribution is 0.0982. The van der Waals surface area contributed by atoms with Gasteiger partial charge in [0.15, 0.2) is 0 Å². The van der Waals surface area contributed by atoms with Gasteiger partial charge in [0.25, 0.3) is 5.91 Å². The van der Waals surface area contributed by atoms with E-state index in [1.807, 2.05) is 0 Å². The van der Waals surface area contributed by atoms with Gasteiger partial charge in [-0.3, -0.25) is 9.52 Å². The van der Waals surface area contributed by atoms with Crippen LogP contribution in [0.25, 0.3) is 0 Å². The summed E-state index contributed by atoms with van der Waals surface area (Å²) in [6.45, 7) is 2.84. The number of carbonyl (C=O) groups is 1. The lowest BCUT2D eigenvalue weighted by Crippen LogP contribution is -2.31. The Hall–Kier alpha value is -2.89. The number of aliphatic imine (C=N–C) groups is 1. The highest BCUT2D eigenvalue weighted by Crippen LogP contribution is 2.31. The first-order chi connectivity index (χ1) is 15.2. The van der Waals surface area contributed by atoms with Crippen molar-refractivity contribution in [3.05, 3.63) is 47.0 Å². The third kappa shape index (κ3) is 5.87. The van der Waals surface area contributed by atoms with Crippen LogP contribution in [0.1, 0.15) is 28.0 Å². The number of benzene rings is 1. The zero-order valence-electron chi connectivity index (χ0n) is 18.1. The van der Waals surface area contributed by atoms with Crippen LogP contribution in [0.15, 0.2) is 29.4 Å². The van der Waals surface area contributed by atoms with Gasteiger partial charge in [-0.15, -0.1) is 0 Å². The van der Waals surface area contributed by atoms with E-state index >= 15 is 0 Å². The molecule has 0 aliphatic carbocycles. The molecule has 3 rings (SSSR count). The molecular formula is C21H27FN4O5S. The van der Waals surface area contributed by atoms with Crippen molar-refractivity contribution in [3.8, 4) is 5.75 Å². The Kier molecular flexibility index (Phi) is 7.54. The van der Waals surface area contributed by atoms with Crippen LogP contribution >= 0.6 is 0 Å². The molecule has 4 N–H and O–H groups in total. The van der Waals surface area contributed by atoms with Crippen LogP contribution in [-0.4, -0.2) is 65.6 Å². The van der Waals surface area contributed by atoms with E-state index in [-0.39, 0.29) is 29.9 Å². The van der Waals surface area contributed by atoms with Gasteiger partial charge in [-0.05, 0) is 24.6 Å². The Morgan fingerprint density at radius 3 is 2.97 bits per heavy atom. The second kappa shape index (κ2) is 10.2. The topological polar surface area (TPSA) is 128 Å². The third-order valence-electron chi connectivity index (χ3n) is 4.83. The van der Waals surface area contributed by atoms with Gasteiger partial charge in [-0.1, -0.05) is 0 Å². The first-order valence-corrected chi connectivity index (χ1v) is 11.9. The number of ether oxygens (including phenoxy) is 3. The number of carbonyl (C=O) groups excluding carboxylic acids is 1. The Morgan fingerprint density at radius 1 is 1.50 bits per heavy atom. The highest BCUT2D eigenvalue weighted by molar-refractivity contribution is 7.99. The molecule has 11 heteroatoms. The standard InChI is InChI=1S/C21H27FN4O5S/c1-13-16(21(27)26-32(3,28)9-8-29-2)11-24-19(13)20(23)25-17-5-4-14(22)10-18(17)31-15-6-7-30-12-15/h4-5,9-11,15,24H,6-8,12H2,1-3H3,(H2,23,25)(H,26,27,28). The van der Waals surface area contributed by atoms with Gasteiger partial charge in [0, 0.05) is 37.4 Å². The molecule has 1 aliphatic heterocycles. The monoisotopic (exact) mass is 466 g/mol. The fourth-order valence-electron chi connectivity index (χ4n) is 3.12. The normalized spacial score (nSPS) is 18.2. The Labute approximate surface area is 186 Å². The molecule has 1 fully saturated rings. The predicted octanol–water partition coefficient (Wildman–Crippen LogP) is 1.67. The van der Waals surface area contributed by atoms with Crippen LogP contribution < -0.4 is 15.2 Å². The first kappa shape index (κ1) is 23.8. The van der Waals surface area contributed by atoms with Crippen molar-refractivity contribution in [3.63, 3.8) is 0 Å². The lowest BCUT2D eigenvalue weighted by Gasteiger charge is -2.14. The summed E-state index contributed by atoms with van der Waals surface area (Å²) < 4.78 is 44.7. The van der Waals surface area contributed by atoms with Gasteiger partial charge in [-0.2, -0.15) is 0 Å². The number of methoxy groups -OCH3 is 1. The van der Waals surface area contributed by atoms with Crippen LogP contribution in [0.3, 0.4) is 0 Å². The average molecular weight is 467 g/mol. The lowest BCUT2D eigenvalue weighted by atomic mass is 10.1. The van der Waals surface area contributed by atoms with E-state index in [4.69, 9.17) is 19.9 Å². The van der Waals surface area contributed by atoms with Gasteiger partial charge in [0.05, 0.1) is 40.8 Å². The molecule has 2 atom stereocenters. The number of rotatable bonds is 8. The van der Waals surface area contributed by atoms with Gasteiger partial charge in [0.2, 0.25) is 0 Å². The van der Waals surface area contributed by atoms with Gasteiger partial charge < -0.3 is 24.9 Å². The number of hydrogen-bond acceptors (Lipinski definition) is 6. The quantitative estimate of drug-likeness (QED) is 0.309. The Bertz CT molecular complexity index is 1130. The molecule has 0 spiro atoms. The van der Waals surface area contributed by atoms with Gasteiger partial charge in [0.1, 0.15) is 29.2 Å². The maximum atomic E-state index is 13.8. The highest BCUT2D eigenvalue weighted by atomic mass is 32.2. The average Bonchev–Trinajstić information content (AvgIpc) is 3.37. The maximum absolute atomic E-state index is 13.8. The van der Waals surface area contributed by atoms with Crippen molar-refractivity contribution >= 4 is 32.5 Å². The third-order valence-corrected chi connectivity index (χ3v) is 6.20. The number of halogens is 1. The zero-order chi connectivity index (χ0) is 23.3. The summed E-state index contributed by atoms with van der Waals surface area (Å²) in [6.07, 6.45) is 3.39. The molecule has 1 aliphatic rings. The number of aromatic amines is 1. The first-order valence-electron chi connectivity index (χ1n) is 9.90. The molecule has 32 heavy (non-hydrogen) atoms. The van der Waals surface area contributed by atoms with Crippen molar-refractivity contribution in [1.29, 1.82) is 0 Å². The SMILES string of the molecule is COCC=S(C)(=O)NC(=O)c1c[nH]c(C(N)=Nc2ccc(F)cc2OC2CCOC2)c1C. The fourth-order valence-corrected chi connectivity index (χ4v) is 4.08. The summed E-state index contributed by atoms with van der Waals surface area (Å²) in [7, 11) is -1.26. The van der Waals surface area contributed by atoms with Gasteiger partial charge >= 0.3 is 0 Å². The predicted molar refractivity (Wildman–Crippen MR) is 122 cm³/mol. The molecule has 0 bridgehead atoms. The molecule has 2 aromatic rings. The molecule has 0 radical (unpaired) electrons. The van der Waals surface area contributed by atoms with E-state index in [1.54, 1.807) is 6.92 Å². The molecule has 2 unspecified atom stereocenters. The second-order valence-corrected chi connectivity index (χ2v) is 9.72. The summed E-state index contributed by atoms with van der Waals surface area (Å²) in [5.41, 5.74) is 7.75. The van der Waals surface area contributed by atoms with E-state index < -0.39 is 21.4 Å². The number of H-pyrrole nitrogens is 1. The molecule has 9 nitrogen and oxygen atoms in total. The van der Waals surface area contributed by atoms with Crippen molar-refractivity contribution < 1.29 is 27.6 Å². The van der Waals surface area contributed by atoms with E-state index in [0.29, 0.717) is 36.6 Å². The van der Waals surface area contributed by atoms with E-state index in [0.717, 1.165) is 0 Å². The Balaban J connectivity index is 1.85. The van der Waals surface area contributed by atoms with Crippen molar-refractivity contribution in [2.24, 2.45) is 10.7 Å². The molecule has 1 amide bonds. The highest BCUT2D eigenvalue weighted by Gasteiger charge is 2.21. The summed E-state index contributed by atoms with van der Waals surface area (Å²) in [6, 6.07) is 3.98. The minimum absolute atomic E-state index is 0.0869. The number of aromatic nitrogens is 1. The minimum Gasteiger partial charge on any atom is -0.486 e. The second-order valence-electron chi connectivity index (χ2n) is 7.37. The number of nitrogens with one attached hydrogen (secondary N) is 2. The Morgan fingerprint density at radius 2 is 2.28 bits per heavy atom. The van der Waals surface area contributed by atoms with Crippen LogP contribution in [0, 0.1) is 12.7 Å². The van der Waals surface area contributed by atoms with E-state index in [1.165, 1.54) is 43.1 Å². The van der Waals surface area contributed by atoms with Crippen molar-refractivity contribution in [2.75, 3.05) is 33.2 Å². The van der Waals surface area contributed by atoms with Crippen molar-refractivity contribution in [2.45, 2.75) is 19.4 Å². The molecule has 1 saturated heterocycles.